The molecule has 3 aromatic heterocycles. The topological polar surface area (TPSA) is 51.8 Å². The molecule has 3 aromatic rings. The van der Waals surface area contributed by atoms with Gasteiger partial charge in [-0.15, -0.1) is 0 Å². The van der Waals surface area contributed by atoms with Crippen molar-refractivity contribution in [2.75, 3.05) is 6.54 Å². The second-order valence-corrected chi connectivity index (χ2v) is 6.23. The Morgan fingerprint density at radius 3 is 2.79 bits per heavy atom. The number of pyridine rings is 1. The van der Waals surface area contributed by atoms with Gasteiger partial charge in [0.25, 0.3) is 0 Å². The van der Waals surface area contributed by atoms with E-state index in [4.69, 9.17) is 11.6 Å². The van der Waals surface area contributed by atoms with Gasteiger partial charge in [-0.25, -0.2) is 4.98 Å². The monoisotopic (exact) mass is 344 g/mol. The third-order valence-corrected chi connectivity index (χ3v) is 4.12. The van der Waals surface area contributed by atoms with E-state index in [1.54, 1.807) is 17.1 Å². The average Bonchev–Trinajstić information content (AvgIpc) is 3.18. The standard InChI is InChI=1S/C17H21ClN6/c1-22-12-16(18)17(21-22)13-24(11-15-4-2-5-19-10-15)8-3-7-23-9-6-20-14-23/h2,4-6,9-10,12,14H,3,7-8,11,13H2,1H3. The summed E-state index contributed by atoms with van der Waals surface area (Å²) >= 11 is 6.27. The van der Waals surface area contributed by atoms with Crippen LogP contribution in [0.15, 0.2) is 49.4 Å². The predicted octanol–water partition coefficient (Wildman–Crippen LogP) is 2.76. The molecule has 3 rings (SSSR count). The highest BCUT2D eigenvalue weighted by molar-refractivity contribution is 6.31. The molecule has 0 aliphatic rings. The molecule has 126 valence electrons. The Morgan fingerprint density at radius 2 is 2.12 bits per heavy atom. The zero-order valence-corrected chi connectivity index (χ0v) is 14.5. The quantitative estimate of drug-likeness (QED) is 0.630. The SMILES string of the molecule is Cn1cc(Cl)c(CN(CCCn2ccnc2)Cc2cccnc2)n1. The van der Waals surface area contributed by atoms with Crippen LogP contribution in [0.2, 0.25) is 5.02 Å². The van der Waals surface area contributed by atoms with Crippen molar-refractivity contribution in [1.29, 1.82) is 0 Å². The van der Waals surface area contributed by atoms with Gasteiger partial charge >= 0.3 is 0 Å². The predicted molar refractivity (Wildman–Crippen MR) is 93.4 cm³/mol. The van der Waals surface area contributed by atoms with Crippen molar-refractivity contribution in [2.45, 2.75) is 26.1 Å². The van der Waals surface area contributed by atoms with E-state index >= 15 is 0 Å². The maximum atomic E-state index is 6.27. The van der Waals surface area contributed by atoms with Gasteiger partial charge in [-0.2, -0.15) is 5.10 Å². The molecule has 3 heterocycles. The number of hydrogen-bond donors (Lipinski definition) is 0. The summed E-state index contributed by atoms with van der Waals surface area (Å²) in [6.07, 6.45) is 12.2. The van der Waals surface area contributed by atoms with Crippen molar-refractivity contribution in [1.82, 2.24) is 29.2 Å². The smallest absolute Gasteiger partial charge is 0.0950 e. The normalized spacial score (nSPS) is 11.3. The van der Waals surface area contributed by atoms with Gasteiger partial charge in [-0.05, 0) is 18.1 Å². The van der Waals surface area contributed by atoms with Gasteiger partial charge < -0.3 is 4.57 Å². The van der Waals surface area contributed by atoms with Gasteiger partial charge in [-0.1, -0.05) is 17.7 Å². The highest BCUT2D eigenvalue weighted by Gasteiger charge is 2.12. The van der Waals surface area contributed by atoms with Crippen molar-refractivity contribution >= 4 is 11.6 Å². The number of aromatic nitrogens is 5. The first kappa shape index (κ1) is 16.7. The van der Waals surface area contributed by atoms with E-state index in [2.05, 4.69) is 30.6 Å². The highest BCUT2D eigenvalue weighted by atomic mass is 35.5. The summed E-state index contributed by atoms with van der Waals surface area (Å²) in [5.74, 6) is 0. The third-order valence-electron chi connectivity index (χ3n) is 3.81. The van der Waals surface area contributed by atoms with Crippen LogP contribution in [0, 0.1) is 0 Å². The van der Waals surface area contributed by atoms with Gasteiger partial charge in [-0.3, -0.25) is 14.6 Å². The fourth-order valence-corrected chi connectivity index (χ4v) is 2.92. The molecular weight excluding hydrogens is 324 g/mol. The molecule has 0 aliphatic heterocycles. The Hall–Kier alpha value is -2.18. The molecule has 0 bridgehead atoms. The first-order valence-corrected chi connectivity index (χ1v) is 8.33. The molecule has 0 spiro atoms. The number of rotatable bonds is 8. The Morgan fingerprint density at radius 1 is 1.21 bits per heavy atom. The lowest BCUT2D eigenvalue weighted by Crippen LogP contribution is -2.25. The van der Waals surface area contributed by atoms with Crippen LogP contribution in [-0.4, -0.2) is 35.8 Å². The van der Waals surface area contributed by atoms with Crippen LogP contribution >= 0.6 is 11.6 Å². The largest absolute Gasteiger partial charge is 0.337 e. The molecule has 6 nitrogen and oxygen atoms in total. The molecule has 0 saturated heterocycles. The van der Waals surface area contributed by atoms with Gasteiger partial charge in [0.2, 0.25) is 0 Å². The van der Waals surface area contributed by atoms with E-state index in [0.717, 1.165) is 38.3 Å². The Balaban J connectivity index is 1.64. The van der Waals surface area contributed by atoms with Crippen molar-refractivity contribution in [3.8, 4) is 0 Å². The minimum Gasteiger partial charge on any atom is -0.337 e. The number of nitrogens with zero attached hydrogens (tertiary/aromatic N) is 6. The van der Waals surface area contributed by atoms with E-state index in [9.17, 15) is 0 Å². The summed E-state index contributed by atoms with van der Waals surface area (Å²) in [4.78, 5) is 10.6. The second-order valence-electron chi connectivity index (χ2n) is 5.82. The van der Waals surface area contributed by atoms with Gasteiger partial charge in [0.15, 0.2) is 0 Å². The van der Waals surface area contributed by atoms with Gasteiger partial charge in [0, 0.05) is 64.2 Å². The fraction of sp³-hybridized carbons (Fsp3) is 0.353. The maximum Gasteiger partial charge on any atom is 0.0950 e. The second kappa shape index (κ2) is 8.08. The first-order valence-electron chi connectivity index (χ1n) is 7.96. The maximum absolute atomic E-state index is 6.27. The fourth-order valence-electron chi connectivity index (χ4n) is 2.68. The number of aryl methyl sites for hydroxylation is 2. The van der Waals surface area contributed by atoms with Gasteiger partial charge in [0.1, 0.15) is 0 Å². The van der Waals surface area contributed by atoms with Crippen LogP contribution < -0.4 is 0 Å². The van der Waals surface area contributed by atoms with Crippen LogP contribution in [0.25, 0.3) is 0 Å². The molecule has 0 amide bonds. The Kier molecular flexibility index (Phi) is 5.61. The minimum atomic E-state index is 0.711. The van der Waals surface area contributed by atoms with E-state index < -0.39 is 0 Å². The molecule has 0 fully saturated rings. The highest BCUT2D eigenvalue weighted by Crippen LogP contribution is 2.17. The summed E-state index contributed by atoms with van der Waals surface area (Å²) in [5.41, 5.74) is 2.10. The summed E-state index contributed by atoms with van der Waals surface area (Å²) in [7, 11) is 1.89. The number of imidazole rings is 1. The van der Waals surface area contributed by atoms with E-state index in [0.29, 0.717) is 5.02 Å². The molecule has 0 aliphatic carbocycles. The average molecular weight is 345 g/mol. The Labute approximate surface area is 146 Å². The lowest BCUT2D eigenvalue weighted by atomic mass is 10.2. The molecule has 0 radical (unpaired) electrons. The summed E-state index contributed by atoms with van der Waals surface area (Å²) in [6.45, 7) is 3.43. The summed E-state index contributed by atoms with van der Waals surface area (Å²) in [6, 6.07) is 4.06. The van der Waals surface area contributed by atoms with Gasteiger partial charge in [0.05, 0.1) is 17.0 Å². The van der Waals surface area contributed by atoms with E-state index in [1.165, 1.54) is 5.56 Å². The number of halogens is 1. The van der Waals surface area contributed by atoms with Crippen LogP contribution in [0.5, 0.6) is 0 Å². The van der Waals surface area contributed by atoms with Crippen LogP contribution in [0.4, 0.5) is 0 Å². The molecule has 0 N–H and O–H groups in total. The minimum absolute atomic E-state index is 0.711. The lowest BCUT2D eigenvalue weighted by molar-refractivity contribution is 0.245. The van der Waals surface area contributed by atoms with E-state index in [-0.39, 0.29) is 0 Å². The lowest BCUT2D eigenvalue weighted by Gasteiger charge is -2.21. The third kappa shape index (κ3) is 4.66. The molecule has 0 saturated carbocycles. The zero-order chi connectivity index (χ0) is 16.8. The van der Waals surface area contributed by atoms with Crippen LogP contribution in [0.1, 0.15) is 17.7 Å². The summed E-state index contributed by atoms with van der Waals surface area (Å²) in [5, 5.41) is 5.17. The van der Waals surface area contributed by atoms with Crippen molar-refractivity contribution in [3.05, 3.63) is 65.7 Å². The molecule has 7 heteroatoms. The first-order chi connectivity index (χ1) is 11.7. The van der Waals surface area contributed by atoms with Crippen LogP contribution in [-0.2, 0) is 26.7 Å². The van der Waals surface area contributed by atoms with Crippen molar-refractivity contribution in [3.63, 3.8) is 0 Å². The van der Waals surface area contributed by atoms with Crippen molar-refractivity contribution in [2.24, 2.45) is 7.05 Å². The summed E-state index contributed by atoms with van der Waals surface area (Å²) < 4.78 is 3.85. The van der Waals surface area contributed by atoms with E-state index in [1.807, 2.05) is 38.0 Å². The van der Waals surface area contributed by atoms with Crippen molar-refractivity contribution < 1.29 is 0 Å². The zero-order valence-electron chi connectivity index (χ0n) is 13.7. The number of hydrogen-bond acceptors (Lipinski definition) is 4. The molecule has 0 unspecified atom stereocenters. The molecule has 24 heavy (non-hydrogen) atoms. The molecule has 0 atom stereocenters. The molecular formula is C17H21ClN6. The Bertz CT molecular complexity index is 738. The van der Waals surface area contributed by atoms with Crippen LogP contribution in [0.3, 0.4) is 0 Å². The molecule has 0 aromatic carbocycles.